The number of unbranched alkanes of at least 4 members (excludes halogenated alkanes) is 1. The summed E-state index contributed by atoms with van der Waals surface area (Å²) in [7, 11) is 0. The molecule has 0 saturated heterocycles. The number of nitrogens with two attached hydrogens (primary N) is 2. The number of benzene rings is 1. The maximum atomic E-state index is 12.8. The second kappa shape index (κ2) is 14.1. The van der Waals surface area contributed by atoms with Crippen LogP contribution in [0.25, 0.3) is 0 Å². The van der Waals surface area contributed by atoms with E-state index in [0.29, 0.717) is 24.9 Å². The second-order valence-corrected chi connectivity index (χ2v) is 8.17. The van der Waals surface area contributed by atoms with Crippen molar-refractivity contribution in [1.29, 1.82) is 0 Å². The van der Waals surface area contributed by atoms with Crippen molar-refractivity contribution in [2.75, 3.05) is 13.1 Å². The van der Waals surface area contributed by atoms with Gasteiger partial charge in [0.2, 0.25) is 17.7 Å². The third-order valence-electron chi connectivity index (χ3n) is 4.99. The molecule has 184 valence electrons. The van der Waals surface area contributed by atoms with E-state index in [2.05, 4.69) is 16.0 Å². The van der Waals surface area contributed by atoms with Gasteiger partial charge in [-0.3, -0.25) is 14.4 Å². The van der Waals surface area contributed by atoms with Crippen molar-refractivity contribution >= 4 is 23.7 Å². The molecule has 3 atom stereocenters. The van der Waals surface area contributed by atoms with Crippen LogP contribution in [0.15, 0.2) is 24.3 Å². The van der Waals surface area contributed by atoms with Crippen LogP contribution in [0.3, 0.4) is 0 Å². The van der Waals surface area contributed by atoms with Crippen molar-refractivity contribution in [1.82, 2.24) is 16.0 Å². The molecule has 0 fully saturated rings. The molecule has 0 saturated carbocycles. The first-order valence-corrected chi connectivity index (χ1v) is 10.9. The van der Waals surface area contributed by atoms with E-state index in [9.17, 15) is 29.4 Å². The van der Waals surface area contributed by atoms with Gasteiger partial charge in [0.05, 0.1) is 12.6 Å². The van der Waals surface area contributed by atoms with E-state index in [1.165, 1.54) is 12.1 Å². The molecule has 9 N–H and O–H groups in total. The quantitative estimate of drug-likeness (QED) is 0.174. The molecule has 0 aromatic heterocycles. The molecule has 11 nitrogen and oxygen atoms in total. The van der Waals surface area contributed by atoms with Gasteiger partial charge >= 0.3 is 5.97 Å². The Labute approximate surface area is 193 Å². The van der Waals surface area contributed by atoms with Crippen LogP contribution in [0.4, 0.5) is 0 Å². The van der Waals surface area contributed by atoms with Crippen LogP contribution in [-0.2, 0) is 25.6 Å². The van der Waals surface area contributed by atoms with Crippen LogP contribution in [-0.4, -0.2) is 65.1 Å². The fourth-order valence-electron chi connectivity index (χ4n) is 3.03. The molecule has 3 unspecified atom stereocenters. The smallest absolute Gasteiger partial charge is 0.326 e. The van der Waals surface area contributed by atoms with Gasteiger partial charge < -0.3 is 37.6 Å². The minimum absolute atomic E-state index is 0.0417. The Morgan fingerprint density at radius 1 is 1.00 bits per heavy atom. The maximum absolute atomic E-state index is 12.8. The Kier molecular flexibility index (Phi) is 11.9. The number of carboxylic acid groups (broad SMARTS) is 1. The van der Waals surface area contributed by atoms with E-state index in [-0.39, 0.29) is 18.1 Å². The summed E-state index contributed by atoms with van der Waals surface area (Å²) in [5.74, 6) is -3.33. The van der Waals surface area contributed by atoms with Gasteiger partial charge in [0, 0.05) is 6.42 Å². The van der Waals surface area contributed by atoms with E-state index < -0.39 is 48.4 Å². The van der Waals surface area contributed by atoms with Gasteiger partial charge in [-0.05, 0) is 43.0 Å². The zero-order valence-electron chi connectivity index (χ0n) is 19.0. The third kappa shape index (κ3) is 10.3. The maximum Gasteiger partial charge on any atom is 0.326 e. The van der Waals surface area contributed by atoms with Gasteiger partial charge in [0.15, 0.2) is 0 Å². The van der Waals surface area contributed by atoms with Crippen molar-refractivity contribution < 1.29 is 29.4 Å². The van der Waals surface area contributed by atoms with Crippen molar-refractivity contribution in [3.8, 4) is 5.75 Å². The zero-order chi connectivity index (χ0) is 25.0. The molecule has 0 aliphatic carbocycles. The summed E-state index contributed by atoms with van der Waals surface area (Å²) < 4.78 is 0. The molecule has 1 rings (SSSR count). The van der Waals surface area contributed by atoms with E-state index in [1.807, 2.05) is 0 Å². The Morgan fingerprint density at radius 3 is 2.18 bits per heavy atom. The van der Waals surface area contributed by atoms with Crippen LogP contribution in [0.1, 0.15) is 38.7 Å². The minimum Gasteiger partial charge on any atom is -0.508 e. The Balaban J connectivity index is 2.80. The van der Waals surface area contributed by atoms with Crippen LogP contribution in [0.2, 0.25) is 0 Å². The van der Waals surface area contributed by atoms with Crippen LogP contribution >= 0.6 is 0 Å². The average molecular weight is 466 g/mol. The summed E-state index contributed by atoms with van der Waals surface area (Å²) in [6, 6.07) is 3.03. The number of nitrogens with one attached hydrogen (secondary N) is 3. The first-order chi connectivity index (χ1) is 15.5. The van der Waals surface area contributed by atoms with Gasteiger partial charge in [-0.2, -0.15) is 0 Å². The van der Waals surface area contributed by atoms with Gasteiger partial charge in [-0.1, -0.05) is 32.4 Å². The highest BCUT2D eigenvalue weighted by molar-refractivity contribution is 5.92. The molecular formula is C22H35N5O6. The summed E-state index contributed by atoms with van der Waals surface area (Å²) in [5, 5.41) is 26.2. The number of rotatable bonds is 14. The van der Waals surface area contributed by atoms with Crippen LogP contribution in [0.5, 0.6) is 5.75 Å². The van der Waals surface area contributed by atoms with E-state index in [1.54, 1.807) is 26.0 Å². The predicted molar refractivity (Wildman–Crippen MR) is 122 cm³/mol. The Bertz CT molecular complexity index is 799. The van der Waals surface area contributed by atoms with Crippen molar-refractivity contribution in [3.63, 3.8) is 0 Å². The Hall–Kier alpha value is -3.18. The molecule has 0 heterocycles. The summed E-state index contributed by atoms with van der Waals surface area (Å²) >= 11 is 0. The Morgan fingerprint density at radius 2 is 1.64 bits per heavy atom. The average Bonchev–Trinajstić information content (AvgIpc) is 2.76. The van der Waals surface area contributed by atoms with Gasteiger partial charge in [0.25, 0.3) is 0 Å². The molecule has 33 heavy (non-hydrogen) atoms. The lowest BCUT2D eigenvalue weighted by atomic mass is 10.0. The molecule has 1 aromatic rings. The molecule has 0 radical (unpaired) electrons. The second-order valence-electron chi connectivity index (χ2n) is 8.17. The summed E-state index contributed by atoms with van der Waals surface area (Å²) in [6.07, 6.45) is 1.91. The molecule has 0 aliphatic heterocycles. The first-order valence-electron chi connectivity index (χ1n) is 10.9. The first kappa shape index (κ1) is 27.9. The fourth-order valence-corrected chi connectivity index (χ4v) is 3.03. The zero-order valence-corrected chi connectivity index (χ0v) is 19.0. The SMILES string of the molecule is CC(C)C(NC(=O)C(Cc1ccc(O)cc1)NC(=O)CNC(=O)C(N)CCCCN)C(=O)O. The summed E-state index contributed by atoms with van der Waals surface area (Å²) in [4.78, 5) is 48.8. The van der Waals surface area contributed by atoms with E-state index in [0.717, 1.165) is 6.42 Å². The number of hydrogen-bond acceptors (Lipinski definition) is 7. The normalized spacial score (nSPS) is 13.6. The predicted octanol–water partition coefficient (Wildman–Crippen LogP) is -0.783. The number of carboxylic acids is 1. The lowest BCUT2D eigenvalue weighted by Crippen LogP contribution is -2.55. The van der Waals surface area contributed by atoms with Gasteiger partial charge in [-0.15, -0.1) is 0 Å². The van der Waals surface area contributed by atoms with Crippen molar-refractivity contribution in [2.45, 2.75) is 57.7 Å². The third-order valence-corrected chi connectivity index (χ3v) is 4.99. The molecule has 3 amide bonds. The number of aromatic hydroxyl groups is 1. The summed E-state index contributed by atoms with van der Waals surface area (Å²) in [5.41, 5.74) is 11.8. The van der Waals surface area contributed by atoms with Crippen LogP contribution < -0.4 is 27.4 Å². The number of carbonyl (C=O) groups excluding carboxylic acids is 3. The molecule has 0 aliphatic rings. The monoisotopic (exact) mass is 465 g/mol. The highest BCUT2D eigenvalue weighted by Gasteiger charge is 2.29. The van der Waals surface area contributed by atoms with Crippen molar-refractivity contribution in [2.24, 2.45) is 17.4 Å². The van der Waals surface area contributed by atoms with Gasteiger partial charge in [0.1, 0.15) is 17.8 Å². The highest BCUT2D eigenvalue weighted by atomic mass is 16.4. The lowest BCUT2D eigenvalue weighted by molar-refractivity contribution is -0.143. The fraction of sp³-hybridized carbons (Fsp3) is 0.545. The minimum atomic E-state index is -1.19. The number of phenolic OH excluding ortho intramolecular Hbond substituents is 1. The van der Waals surface area contributed by atoms with Gasteiger partial charge in [-0.25, -0.2) is 4.79 Å². The number of hydrogen-bond donors (Lipinski definition) is 7. The summed E-state index contributed by atoms with van der Waals surface area (Å²) in [6.45, 7) is 3.41. The molecule has 1 aromatic carbocycles. The standard InChI is InChI=1S/C22H35N5O6/c1-13(2)19(22(32)33)27-21(31)17(11-14-6-8-15(28)9-7-14)26-18(29)12-25-20(30)16(24)5-3-4-10-23/h6-9,13,16-17,19,28H,3-5,10-12,23-24H2,1-2H3,(H,25,30)(H,26,29)(H,27,31)(H,32,33). The number of aliphatic carboxylic acids is 1. The molecule has 0 bridgehead atoms. The largest absolute Gasteiger partial charge is 0.508 e. The van der Waals surface area contributed by atoms with Crippen LogP contribution in [0, 0.1) is 5.92 Å². The molecule has 0 spiro atoms. The highest BCUT2D eigenvalue weighted by Crippen LogP contribution is 2.12. The van der Waals surface area contributed by atoms with Crippen molar-refractivity contribution in [3.05, 3.63) is 29.8 Å². The number of phenols is 1. The lowest BCUT2D eigenvalue weighted by Gasteiger charge is -2.23. The van der Waals surface area contributed by atoms with E-state index in [4.69, 9.17) is 11.5 Å². The molecular weight excluding hydrogens is 430 g/mol. The molecule has 11 heteroatoms. The number of carbonyl (C=O) groups is 4. The number of amides is 3. The van der Waals surface area contributed by atoms with E-state index >= 15 is 0 Å². The topological polar surface area (TPSA) is 197 Å².